The average molecular weight is 379 g/mol. The standard InChI is InChI=1S/C23H25NO4/c1-26-19-11-13-20(14-12-19)27-17-15-24-23(25)10-5-16-28-22-9-4-7-18-6-2-3-8-21(18)22/h2-4,6-9,11-14H,5,10,15-17H2,1H3,(H,24,25). The smallest absolute Gasteiger partial charge is 0.220 e. The lowest BCUT2D eigenvalue weighted by atomic mass is 10.1. The normalized spacial score (nSPS) is 10.5. The maximum atomic E-state index is 11.9. The lowest BCUT2D eigenvalue weighted by Crippen LogP contribution is -2.28. The SMILES string of the molecule is COc1ccc(OCCNC(=O)CCCOc2cccc3ccccc23)cc1. The number of ether oxygens (including phenoxy) is 3. The minimum absolute atomic E-state index is 0.000138. The molecule has 5 heteroatoms. The van der Waals surface area contributed by atoms with Gasteiger partial charge in [0.2, 0.25) is 5.91 Å². The molecule has 0 aliphatic rings. The molecule has 1 N–H and O–H groups in total. The van der Waals surface area contributed by atoms with E-state index in [4.69, 9.17) is 14.2 Å². The van der Waals surface area contributed by atoms with E-state index in [1.165, 1.54) is 0 Å². The number of carbonyl (C=O) groups is 1. The monoisotopic (exact) mass is 379 g/mol. The zero-order chi connectivity index (χ0) is 19.6. The Hall–Kier alpha value is -3.21. The summed E-state index contributed by atoms with van der Waals surface area (Å²) in [5.41, 5.74) is 0. The van der Waals surface area contributed by atoms with E-state index in [0.717, 1.165) is 28.0 Å². The Morgan fingerprint density at radius 3 is 2.43 bits per heavy atom. The van der Waals surface area contributed by atoms with Gasteiger partial charge in [-0.2, -0.15) is 0 Å². The third-order valence-corrected chi connectivity index (χ3v) is 4.31. The van der Waals surface area contributed by atoms with Gasteiger partial charge in [-0.25, -0.2) is 0 Å². The van der Waals surface area contributed by atoms with Crippen molar-refractivity contribution in [2.45, 2.75) is 12.8 Å². The molecular weight excluding hydrogens is 354 g/mol. The van der Waals surface area contributed by atoms with Gasteiger partial charge in [0.25, 0.3) is 0 Å². The minimum Gasteiger partial charge on any atom is -0.497 e. The molecule has 0 radical (unpaired) electrons. The van der Waals surface area contributed by atoms with Crippen molar-refractivity contribution < 1.29 is 19.0 Å². The van der Waals surface area contributed by atoms with Crippen LogP contribution >= 0.6 is 0 Å². The number of carbonyl (C=O) groups excluding carboxylic acids is 1. The predicted molar refractivity (Wildman–Crippen MR) is 110 cm³/mol. The first kappa shape index (κ1) is 19.5. The van der Waals surface area contributed by atoms with E-state index in [2.05, 4.69) is 17.4 Å². The lowest BCUT2D eigenvalue weighted by molar-refractivity contribution is -0.121. The van der Waals surface area contributed by atoms with Crippen molar-refractivity contribution in [3.63, 3.8) is 0 Å². The van der Waals surface area contributed by atoms with Crippen LogP contribution in [0, 0.1) is 0 Å². The van der Waals surface area contributed by atoms with Gasteiger partial charge in [0.05, 0.1) is 20.3 Å². The summed E-state index contributed by atoms with van der Waals surface area (Å²) in [5.74, 6) is 2.39. The quantitative estimate of drug-likeness (QED) is 0.536. The Kier molecular flexibility index (Phi) is 7.13. The van der Waals surface area contributed by atoms with Gasteiger partial charge in [0, 0.05) is 11.8 Å². The van der Waals surface area contributed by atoms with Gasteiger partial charge in [-0.05, 0) is 42.1 Å². The number of nitrogens with one attached hydrogen (secondary N) is 1. The first-order valence-corrected chi connectivity index (χ1v) is 9.40. The molecule has 5 nitrogen and oxygen atoms in total. The zero-order valence-electron chi connectivity index (χ0n) is 16.0. The molecule has 146 valence electrons. The fraction of sp³-hybridized carbons (Fsp3) is 0.261. The molecule has 0 bridgehead atoms. The highest BCUT2D eigenvalue weighted by Crippen LogP contribution is 2.25. The Balaban J connectivity index is 1.31. The maximum Gasteiger partial charge on any atom is 0.220 e. The van der Waals surface area contributed by atoms with Crippen molar-refractivity contribution >= 4 is 16.7 Å². The van der Waals surface area contributed by atoms with Crippen LogP contribution in [0.25, 0.3) is 10.8 Å². The van der Waals surface area contributed by atoms with Crippen LogP contribution in [0.3, 0.4) is 0 Å². The van der Waals surface area contributed by atoms with E-state index < -0.39 is 0 Å². The van der Waals surface area contributed by atoms with Crippen LogP contribution in [-0.2, 0) is 4.79 Å². The van der Waals surface area contributed by atoms with E-state index in [0.29, 0.717) is 32.6 Å². The predicted octanol–water partition coefficient (Wildman–Crippen LogP) is 4.20. The van der Waals surface area contributed by atoms with E-state index in [9.17, 15) is 4.79 Å². The summed E-state index contributed by atoms with van der Waals surface area (Å²) in [6.45, 7) is 1.39. The number of rotatable bonds is 10. The van der Waals surface area contributed by atoms with Crippen molar-refractivity contribution in [3.8, 4) is 17.2 Å². The van der Waals surface area contributed by atoms with Gasteiger partial charge < -0.3 is 19.5 Å². The zero-order valence-corrected chi connectivity index (χ0v) is 16.0. The Bertz CT molecular complexity index is 887. The summed E-state index contributed by atoms with van der Waals surface area (Å²) in [6, 6.07) is 21.5. The summed E-state index contributed by atoms with van der Waals surface area (Å²) in [6.07, 6.45) is 1.09. The van der Waals surface area contributed by atoms with E-state index >= 15 is 0 Å². The van der Waals surface area contributed by atoms with Crippen LogP contribution in [0.1, 0.15) is 12.8 Å². The highest BCUT2D eigenvalue weighted by molar-refractivity contribution is 5.88. The average Bonchev–Trinajstić information content (AvgIpc) is 2.75. The molecule has 0 heterocycles. The third kappa shape index (κ3) is 5.64. The molecule has 0 spiro atoms. The molecule has 0 fully saturated rings. The summed E-state index contributed by atoms with van der Waals surface area (Å²) in [4.78, 5) is 11.9. The fourth-order valence-corrected chi connectivity index (χ4v) is 2.86. The summed E-state index contributed by atoms with van der Waals surface area (Å²) >= 11 is 0. The number of fused-ring (bicyclic) bond motifs is 1. The molecule has 0 aromatic heterocycles. The van der Waals surface area contributed by atoms with Crippen LogP contribution in [0.15, 0.2) is 66.7 Å². The van der Waals surface area contributed by atoms with Gasteiger partial charge in [-0.15, -0.1) is 0 Å². The van der Waals surface area contributed by atoms with Gasteiger partial charge in [-0.3, -0.25) is 4.79 Å². The fourth-order valence-electron chi connectivity index (χ4n) is 2.86. The van der Waals surface area contributed by atoms with Gasteiger partial charge in [0.15, 0.2) is 0 Å². The van der Waals surface area contributed by atoms with E-state index in [1.807, 2.05) is 54.6 Å². The molecule has 1 amide bonds. The van der Waals surface area contributed by atoms with Crippen LogP contribution in [0.5, 0.6) is 17.2 Å². The second-order valence-corrected chi connectivity index (χ2v) is 6.30. The Morgan fingerprint density at radius 2 is 1.61 bits per heavy atom. The third-order valence-electron chi connectivity index (χ3n) is 4.31. The number of hydrogen-bond donors (Lipinski definition) is 1. The van der Waals surface area contributed by atoms with Gasteiger partial charge in [-0.1, -0.05) is 36.4 Å². The molecule has 0 aliphatic heterocycles. The number of amides is 1. The summed E-state index contributed by atoms with van der Waals surface area (Å²) < 4.78 is 16.5. The summed E-state index contributed by atoms with van der Waals surface area (Å²) in [7, 11) is 1.62. The molecule has 0 unspecified atom stereocenters. The number of benzene rings is 3. The molecule has 28 heavy (non-hydrogen) atoms. The van der Waals surface area contributed by atoms with Crippen molar-refractivity contribution in [1.29, 1.82) is 0 Å². The number of methoxy groups -OCH3 is 1. The second kappa shape index (κ2) is 10.2. The number of hydrogen-bond acceptors (Lipinski definition) is 4. The Labute approximate surface area is 165 Å². The summed E-state index contributed by atoms with van der Waals surface area (Å²) in [5, 5.41) is 5.10. The van der Waals surface area contributed by atoms with Crippen molar-refractivity contribution in [1.82, 2.24) is 5.32 Å². The van der Waals surface area contributed by atoms with Crippen molar-refractivity contribution in [3.05, 3.63) is 66.7 Å². The Morgan fingerprint density at radius 1 is 0.857 bits per heavy atom. The van der Waals surface area contributed by atoms with Crippen LogP contribution in [0.4, 0.5) is 0 Å². The first-order chi connectivity index (χ1) is 13.8. The second-order valence-electron chi connectivity index (χ2n) is 6.30. The maximum absolute atomic E-state index is 11.9. The lowest BCUT2D eigenvalue weighted by Gasteiger charge is -2.10. The molecule has 0 atom stereocenters. The largest absolute Gasteiger partial charge is 0.497 e. The molecule has 0 saturated carbocycles. The molecule has 0 aliphatic carbocycles. The highest BCUT2D eigenvalue weighted by Gasteiger charge is 2.04. The van der Waals surface area contributed by atoms with E-state index in [1.54, 1.807) is 7.11 Å². The minimum atomic E-state index is -0.000138. The highest BCUT2D eigenvalue weighted by atomic mass is 16.5. The van der Waals surface area contributed by atoms with Crippen LogP contribution < -0.4 is 19.5 Å². The molecule has 3 aromatic rings. The molecular formula is C23H25NO4. The van der Waals surface area contributed by atoms with Gasteiger partial charge in [0.1, 0.15) is 23.9 Å². The van der Waals surface area contributed by atoms with Crippen LogP contribution in [-0.4, -0.2) is 32.8 Å². The molecule has 3 rings (SSSR count). The molecule has 0 saturated heterocycles. The van der Waals surface area contributed by atoms with Crippen LogP contribution in [0.2, 0.25) is 0 Å². The van der Waals surface area contributed by atoms with Gasteiger partial charge >= 0.3 is 0 Å². The van der Waals surface area contributed by atoms with Crippen molar-refractivity contribution in [2.24, 2.45) is 0 Å². The molecule has 3 aromatic carbocycles. The topological polar surface area (TPSA) is 56.8 Å². The van der Waals surface area contributed by atoms with E-state index in [-0.39, 0.29) is 5.91 Å². The first-order valence-electron chi connectivity index (χ1n) is 9.40. The van der Waals surface area contributed by atoms with Crippen molar-refractivity contribution in [2.75, 3.05) is 26.9 Å².